The molecule has 0 aliphatic rings. The molecule has 1 heterocycles. The Hall–Kier alpha value is -1.82. The number of hydrogen-bond donors (Lipinski definition) is 3. The number of carbonyl (C=O) groups excluding carboxylic acids is 1. The minimum Gasteiger partial charge on any atom is -0.357 e. The average molecular weight is 354 g/mol. The van der Waals surface area contributed by atoms with Crippen LogP contribution >= 0.6 is 11.6 Å². The van der Waals surface area contributed by atoms with E-state index in [1.54, 1.807) is 12.3 Å². The van der Waals surface area contributed by atoms with Gasteiger partial charge in [0.2, 0.25) is 5.91 Å². The summed E-state index contributed by atoms with van der Waals surface area (Å²) in [5.74, 6) is 0.716. The van der Waals surface area contributed by atoms with E-state index in [1.807, 2.05) is 33.8 Å². The summed E-state index contributed by atoms with van der Waals surface area (Å²) in [5, 5.41) is 9.80. The number of rotatable bonds is 8. The Balaban J connectivity index is 2.55. The normalized spacial score (nSPS) is 12.0. The maximum Gasteiger partial charge on any atom is 0.227 e. The van der Waals surface area contributed by atoms with Gasteiger partial charge in [-0.25, -0.2) is 4.98 Å². The summed E-state index contributed by atoms with van der Waals surface area (Å²) >= 11 is 5.78. The second-order valence-electron chi connectivity index (χ2n) is 6.10. The molecule has 0 spiro atoms. The zero-order valence-electron chi connectivity index (χ0n) is 14.9. The van der Waals surface area contributed by atoms with Crippen LogP contribution in [0.2, 0.25) is 5.15 Å². The number of amides is 1. The Bertz CT molecular complexity index is 542. The minimum atomic E-state index is -0.543. The van der Waals surface area contributed by atoms with Gasteiger partial charge in [0.05, 0.1) is 12.0 Å². The fourth-order valence-electron chi connectivity index (χ4n) is 1.97. The van der Waals surface area contributed by atoms with Gasteiger partial charge in [0, 0.05) is 25.8 Å². The molecule has 24 heavy (non-hydrogen) atoms. The van der Waals surface area contributed by atoms with Crippen LogP contribution in [0.15, 0.2) is 23.3 Å². The molecule has 1 rings (SSSR count). The summed E-state index contributed by atoms with van der Waals surface area (Å²) in [6, 6.07) is 3.74. The molecule has 0 saturated carbocycles. The zero-order chi connectivity index (χ0) is 18.0. The molecule has 0 aromatic carbocycles. The first-order chi connectivity index (χ1) is 11.4. The zero-order valence-corrected chi connectivity index (χ0v) is 15.7. The standard InChI is InChI=1S/C17H28ClN5O/c1-5-19-15(24)17(3,4)12-23-16(20-6-2)21-10-9-13-7-8-14(18)22-11-13/h7-8,11H,5-6,9-10,12H2,1-4H3,(H,19,24)(H2,20,21,23). The molecule has 0 radical (unpaired) electrons. The van der Waals surface area contributed by atoms with E-state index in [2.05, 4.69) is 25.9 Å². The number of nitrogens with zero attached hydrogens (tertiary/aromatic N) is 2. The lowest BCUT2D eigenvalue weighted by Gasteiger charge is -2.22. The Morgan fingerprint density at radius 3 is 2.50 bits per heavy atom. The monoisotopic (exact) mass is 353 g/mol. The van der Waals surface area contributed by atoms with Gasteiger partial charge in [-0.2, -0.15) is 0 Å². The fourth-order valence-corrected chi connectivity index (χ4v) is 2.08. The molecular weight excluding hydrogens is 326 g/mol. The van der Waals surface area contributed by atoms with E-state index < -0.39 is 5.41 Å². The number of aromatic nitrogens is 1. The van der Waals surface area contributed by atoms with Crippen LogP contribution in [-0.2, 0) is 11.2 Å². The maximum atomic E-state index is 12.0. The van der Waals surface area contributed by atoms with E-state index in [0.29, 0.717) is 24.2 Å². The molecule has 6 nitrogen and oxygen atoms in total. The lowest BCUT2D eigenvalue weighted by atomic mass is 9.92. The van der Waals surface area contributed by atoms with E-state index in [1.165, 1.54) is 0 Å². The van der Waals surface area contributed by atoms with Crippen LogP contribution in [0.1, 0.15) is 33.3 Å². The lowest BCUT2D eigenvalue weighted by Crippen LogP contribution is -2.42. The highest BCUT2D eigenvalue weighted by molar-refractivity contribution is 6.29. The average Bonchev–Trinajstić information content (AvgIpc) is 2.54. The third-order valence-corrected chi connectivity index (χ3v) is 3.65. The summed E-state index contributed by atoms with van der Waals surface area (Å²) in [7, 11) is 0. The van der Waals surface area contributed by atoms with E-state index in [4.69, 9.17) is 11.6 Å². The van der Waals surface area contributed by atoms with Gasteiger partial charge in [-0.1, -0.05) is 17.7 Å². The summed E-state index contributed by atoms with van der Waals surface area (Å²) in [6.45, 7) is 10.2. The van der Waals surface area contributed by atoms with Crippen molar-refractivity contribution < 1.29 is 4.79 Å². The summed E-state index contributed by atoms with van der Waals surface area (Å²) in [6.07, 6.45) is 2.58. The first-order valence-corrected chi connectivity index (χ1v) is 8.67. The van der Waals surface area contributed by atoms with Crippen molar-refractivity contribution in [2.45, 2.75) is 34.1 Å². The van der Waals surface area contributed by atoms with Crippen molar-refractivity contribution in [3.63, 3.8) is 0 Å². The first kappa shape index (κ1) is 20.2. The van der Waals surface area contributed by atoms with Gasteiger partial charge in [0.15, 0.2) is 5.96 Å². The van der Waals surface area contributed by atoms with Crippen LogP contribution in [0.3, 0.4) is 0 Å². The highest BCUT2D eigenvalue weighted by Crippen LogP contribution is 2.15. The quantitative estimate of drug-likeness (QED) is 0.379. The third kappa shape index (κ3) is 7.17. The fraction of sp³-hybridized carbons (Fsp3) is 0.588. The molecular formula is C17H28ClN5O. The second kappa shape index (κ2) is 10.1. The molecule has 134 valence electrons. The molecule has 0 aliphatic heterocycles. The molecule has 0 atom stereocenters. The van der Waals surface area contributed by atoms with Crippen LogP contribution in [0.5, 0.6) is 0 Å². The number of carbonyl (C=O) groups is 1. The van der Waals surface area contributed by atoms with Crippen LogP contribution in [0.25, 0.3) is 0 Å². The van der Waals surface area contributed by atoms with Crippen molar-refractivity contribution in [1.29, 1.82) is 0 Å². The van der Waals surface area contributed by atoms with Gasteiger partial charge in [-0.3, -0.25) is 9.79 Å². The molecule has 1 aromatic rings. The van der Waals surface area contributed by atoms with E-state index >= 15 is 0 Å². The van der Waals surface area contributed by atoms with Gasteiger partial charge < -0.3 is 16.0 Å². The number of guanidine groups is 1. The highest BCUT2D eigenvalue weighted by Gasteiger charge is 2.26. The summed E-state index contributed by atoms with van der Waals surface area (Å²) in [4.78, 5) is 20.6. The summed E-state index contributed by atoms with van der Waals surface area (Å²) < 4.78 is 0. The third-order valence-electron chi connectivity index (χ3n) is 3.42. The van der Waals surface area contributed by atoms with Crippen LogP contribution < -0.4 is 16.0 Å². The Morgan fingerprint density at radius 2 is 1.92 bits per heavy atom. The number of hydrogen-bond acceptors (Lipinski definition) is 3. The minimum absolute atomic E-state index is 0.0110. The van der Waals surface area contributed by atoms with Crippen molar-refractivity contribution in [1.82, 2.24) is 20.9 Å². The predicted molar refractivity (Wildman–Crippen MR) is 99.4 cm³/mol. The molecule has 0 fully saturated rings. The second-order valence-corrected chi connectivity index (χ2v) is 6.49. The van der Waals surface area contributed by atoms with Crippen molar-refractivity contribution in [2.75, 3.05) is 26.2 Å². The SMILES string of the molecule is CCNC(=O)C(C)(C)CN=C(NCC)NCCc1ccc(Cl)nc1. The topological polar surface area (TPSA) is 78.4 Å². The van der Waals surface area contributed by atoms with Crippen molar-refractivity contribution in [2.24, 2.45) is 10.4 Å². The van der Waals surface area contributed by atoms with Crippen LogP contribution in [-0.4, -0.2) is 43.0 Å². The molecule has 0 bridgehead atoms. The summed E-state index contributed by atoms with van der Waals surface area (Å²) in [5.41, 5.74) is 0.559. The largest absolute Gasteiger partial charge is 0.357 e. The number of halogens is 1. The smallest absolute Gasteiger partial charge is 0.227 e. The van der Waals surface area contributed by atoms with Crippen molar-refractivity contribution >= 4 is 23.5 Å². The van der Waals surface area contributed by atoms with Gasteiger partial charge in [-0.15, -0.1) is 0 Å². The van der Waals surface area contributed by atoms with Crippen molar-refractivity contribution in [3.8, 4) is 0 Å². The van der Waals surface area contributed by atoms with Gasteiger partial charge in [-0.05, 0) is 45.7 Å². The Morgan fingerprint density at radius 1 is 1.21 bits per heavy atom. The molecule has 1 amide bonds. The van der Waals surface area contributed by atoms with Gasteiger partial charge >= 0.3 is 0 Å². The lowest BCUT2D eigenvalue weighted by molar-refractivity contribution is -0.128. The van der Waals surface area contributed by atoms with E-state index in [9.17, 15) is 4.79 Å². The molecule has 0 unspecified atom stereocenters. The number of nitrogens with one attached hydrogen (secondary N) is 3. The van der Waals surface area contributed by atoms with Crippen LogP contribution in [0, 0.1) is 5.41 Å². The molecule has 0 saturated heterocycles. The molecule has 7 heteroatoms. The molecule has 3 N–H and O–H groups in total. The van der Waals surface area contributed by atoms with Gasteiger partial charge in [0.25, 0.3) is 0 Å². The number of pyridine rings is 1. The van der Waals surface area contributed by atoms with E-state index in [0.717, 1.165) is 25.1 Å². The van der Waals surface area contributed by atoms with Crippen LogP contribution in [0.4, 0.5) is 0 Å². The highest BCUT2D eigenvalue weighted by atomic mass is 35.5. The van der Waals surface area contributed by atoms with E-state index in [-0.39, 0.29) is 5.91 Å². The molecule has 1 aromatic heterocycles. The number of aliphatic imine (C=N–C) groups is 1. The van der Waals surface area contributed by atoms with Gasteiger partial charge in [0.1, 0.15) is 5.15 Å². The first-order valence-electron chi connectivity index (χ1n) is 8.30. The van der Waals surface area contributed by atoms with Crippen molar-refractivity contribution in [3.05, 3.63) is 29.0 Å². The Labute approximate surface area is 149 Å². The molecule has 0 aliphatic carbocycles. The predicted octanol–water partition coefficient (Wildman–Crippen LogP) is 1.99. The Kier molecular flexibility index (Phi) is 8.54. The maximum absolute atomic E-state index is 12.0.